The monoisotopic (exact) mass is 373 g/mol. The van der Waals surface area contributed by atoms with Crippen LogP contribution in [-0.4, -0.2) is 28.7 Å². The van der Waals surface area contributed by atoms with Crippen LogP contribution in [0.4, 0.5) is 4.79 Å². The van der Waals surface area contributed by atoms with Gasteiger partial charge in [0.05, 0.1) is 6.54 Å². The number of halogens is 1. The van der Waals surface area contributed by atoms with Gasteiger partial charge in [-0.1, -0.05) is 28.9 Å². The lowest BCUT2D eigenvalue weighted by Crippen LogP contribution is -2.45. The van der Waals surface area contributed by atoms with Gasteiger partial charge in [0, 0.05) is 29.6 Å². The number of aromatic nitrogens is 1. The molecular weight excluding hydrogens is 350 g/mol. The molecular formula is C20H24ClN3O2. The summed E-state index contributed by atoms with van der Waals surface area (Å²) in [6.07, 6.45) is 7.14. The summed E-state index contributed by atoms with van der Waals surface area (Å²) in [4.78, 5) is 14.4. The molecule has 2 amide bonds. The summed E-state index contributed by atoms with van der Waals surface area (Å²) in [6.45, 7) is 0.488. The smallest absolute Gasteiger partial charge is 0.317 e. The molecule has 0 unspecified atom stereocenters. The second-order valence-electron chi connectivity index (χ2n) is 7.61. The predicted molar refractivity (Wildman–Crippen MR) is 100 cm³/mol. The standard InChI is InChI=1S/C20H24ClN3O2/c1-24(13-17-16-4-2-3-5-18(16)26-23-17)19(25)22-20(10-11-20)12-14-6-8-15(21)9-7-14/h6-9H,2-5,10-13H2,1H3,(H,22,25). The quantitative estimate of drug-likeness (QED) is 0.857. The molecule has 2 aliphatic rings. The molecule has 1 aromatic carbocycles. The Balaban J connectivity index is 1.36. The Morgan fingerprint density at radius 1 is 1.27 bits per heavy atom. The molecule has 0 bridgehead atoms. The number of nitrogens with zero attached hydrogens (tertiary/aromatic N) is 2. The molecule has 5 nitrogen and oxygen atoms in total. The van der Waals surface area contributed by atoms with Crippen LogP contribution in [0, 0.1) is 0 Å². The van der Waals surface area contributed by atoms with Crippen LogP contribution in [0.15, 0.2) is 28.8 Å². The van der Waals surface area contributed by atoms with Gasteiger partial charge in [0.25, 0.3) is 0 Å². The van der Waals surface area contributed by atoms with Crippen molar-refractivity contribution in [3.8, 4) is 0 Å². The molecule has 1 fully saturated rings. The number of hydrogen-bond acceptors (Lipinski definition) is 3. The van der Waals surface area contributed by atoms with E-state index in [1.807, 2.05) is 31.3 Å². The van der Waals surface area contributed by atoms with Gasteiger partial charge in [-0.3, -0.25) is 0 Å². The van der Waals surface area contributed by atoms with E-state index >= 15 is 0 Å². The molecule has 0 aliphatic heterocycles. The number of carbonyl (C=O) groups excluding carboxylic acids is 1. The van der Waals surface area contributed by atoms with Crippen LogP contribution in [-0.2, 0) is 25.8 Å². The van der Waals surface area contributed by atoms with Gasteiger partial charge in [0.15, 0.2) is 0 Å². The maximum atomic E-state index is 12.7. The van der Waals surface area contributed by atoms with Crippen LogP contribution in [0.25, 0.3) is 0 Å². The fraction of sp³-hybridized carbons (Fsp3) is 0.500. The van der Waals surface area contributed by atoms with Gasteiger partial charge in [-0.05, 0) is 56.2 Å². The molecule has 2 aliphatic carbocycles. The molecule has 1 aromatic heterocycles. The van der Waals surface area contributed by atoms with Crippen molar-refractivity contribution in [1.29, 1.82) is 0 Å². The average Bonchev–Trinajstić information content (AvgIpc) is 3.27. The van der Waals surface area contributed by atoms with Gasteiger partial charge in [-0.25, -0.2) is 4.79 Å². The molecule has 138 valence electrons. The zero-order valence-corrected chi connectivity index (χ0v) is 15.8. The molecule has 6 heteroatoms. The number of hydrogen-bond donors (Lipinski definition) is 1. The lowest BCUT2D eigenvalue weighted by atomic mass is 9.96. The highest BCUT2D eigenvalue weighted by atomic mass is 35.5. The molecule has 4 rings (SSSR count). The zero-order valence-electron chi connectivity index (χ0n) is 15.1. The van der Waals surface area contributed by atoms with Crippen LogP contribution in [0.3, 0.4) is 0 Å². The second-order valence-corrected chi connectivity index (χ2v) is 8.04. The lowest BCUT2D eigenvalue weighted by Gasteiger charge is -2.23. The third-order valence-corrected chi connectivity index (χ3v) is 5.70. The highest BCUT2D eigenvalue weighted by molar-refractivity contribution is 6.30. The van der Waals surface area contributed by atoms with E-state index in [0.29, 0.717) is 6.54 Å². The van der Waals surface area contributed by atoms with E-state index in [1.165, 1.54) is 17.5 Å². The number of benzene rings is 1. The molecule has 2 aromatic rings. The topological polar surface area (TPSA) is 58.4 Å². The van der Waals surface area contributed by atoms with Crippen molar-refractivity contribution < 1.29 is 9.32 Å². The first-order chi connectivity index (χ1) is 12.5. The Hall–Kier alpha value is -2.01. The van der Waals surface area contributed by atoms with Gasteiger partial charge in [-0.15, -0.1) is 0 Å². The number of urea groups is 1. The van der Waals surface area contributed by atoms with Gasteiger partial charge >= 0.3 is 6.03 Å². The van der Waals surface area contributed by atoms with E-state index < -0.39 is 0 Å². The number of fused-ring (bicyclic) bond motifs is 1. The summed E-state index contributed by atoms with van der Waals surface area (Å²) in [5, 5.41) is 8.15. The van der Waals surface area contributed by atoms with Gasteiger partial charge in [-0.2, -0.15) is 0 Å². The van der Waals surface area contributed by atoms with Crippen molar-refractivity contribution in [2.24, 2.45) is 0 Å². The largest absolute Gasteiger partial charge is 0.361 e. The second kappa shape index (κ2) is 6.95. The molecule has 0 saturated heterocycles. The zero-order chi connectivity index (χ0) is 18.1. The highest BCUT2D eigenvalue weighted by Gasteiger charge is 2.44. The normalized spacial score (nSPS) is 17.5. The molecule has 1 saturated carbocycles. The molecule has 1 heterocycles. The van der Waals surface area contributed by atoms with Crippen molar-refractivity contribution in [3.05, 3.63) is 51.9 Å². The number of carbonyl (C=O) groups is 1. The van der Waals surface area contributed by atoms with Crippen LogP contribution >= 0.6 is 11.6 Å². The van der Waals surface area contributed by atoms with E-state index in [9.17, 15) is 4.79 Å². The summed E-state index contributed by atoms with van der Waals surface area (Å²) in [5.74, 6) is 1.00. The number of amides is 2. The summed E-state index contributed by atoms with van der Waals surface area (Å²) in [6, 6.07) is 7.80. The summed E-state index contributed by atoms with van der Waals surface area (Å²) in [5.41, 5.74) is 3.18. The highest BCUT2D eigenvalue weighted by Crippen LogP contribution is 2.39. The minimum atomic E-state index is -0.123. The first kappa shape index (κ1) is 17.4. The molecule has 1 N–H and O–H groups in total. The first-order valence-electron chi connectivity index (χ1n) is 9.29. The van der Waals surface area contributed by atoms with Crippen LogP contribution in [0.2, 0.25) is 5.02 Å². The van der Waals surface area contributed by atoms with Gasteiger partial charge in [0.2, 0.25) is 0 Å². The fourth-order valence-corrected chi connectivity index (χ4v) is 3.81. The predicted octanol–water partition coefficient (Wildman–Crippen LogP) is 4.12. The number of rotatable bonds is 5. The summed E-state index contributed by atoms with van der Waals surface area (Å²) >= 11 is 5.95. The maximum absolute atomic E-state index is 12.7. The third kappa shape index (κ3) is 3.73. The van der Waals surface area contributed by atoms with E-state index in [1.54, 1.807) is 4.90 Å². The van der Waals surface area contributed by atoms with Gasteiger partial charge < -0.3 is 14.7 Å². The third-order valence-electron chi connectivity index (χ3n) is 5.45. The van der Waals surface area contributed by atoms with E-state index in [-0.39, 0.29) is 11.6 Å². The molecule has 26 heavy (non-hydrogen) atoms. The van der Waals surface area contributed by atoms with E-state index in [2.05, 4.69) is 10.5 Å². The number of aryl methyl sites for hydroxylation is 1. The Morgan fingerprint density at radius 3 is 2.73 bits per heavy atom. The van der Waals surface area contributed by atoms with Crippen LogP contribution < -0.4 is 5.32 Å². The van der Waals surface area contributed by atoms with Crippen molar-refractivity contribution >= 4 is 17.6 Å². The van der Waals surface area contributed by atoms with Crippen LogP contribution in [0.1, 0.15) is 48.3 Å². The Kier molecular flexibility index (Phi) is 4.65. The van der Waals surface area contributed by atoms with Gasteiger partial charge in [0.1, 0.15) is 11.5 Å². The minimum Gasteiger partial charge on any atom is -0.361 e. The van der Waals surface area contributed by atoms with Crippen molar-refractivity contribution in [1.82, 2.24) is 15.4 Å². The Bertz CT molecular complexity index is 796. The maximum Gasteiger partial charge on any atom is 0.317 e. The molecule has 0 spiro atoms. The van der Waals surface area contributed by atoms with Crippen molar-refractivity contribution in [2.45, 2.75) is 57.0 Å². The van der Waals surface area contributed by atoms with Crippen LogP contribution in [0.5, 0.6) is 0 Å². The van der Waals surface area contributed by atoms with Crippen molar-refractivity contribution in [2.75, 3.05) is 7.05 Å². The summed E-state index contributed by atoms with van der Waals surface area (Å²) in [7, 11) is 1.82. The fourth-order valence-electron chi connectivity index (χ4n) is 3.68. The summed E-state index contributed by atoms with van der Waals surface area (Å²) < 4.78 is 5.45. The Labute approximate surface area is 158 Å². The van der Waals surface area contributed by atoms with Crippen molar-refractivity contribution in [3.63, 3.8) is 0 Å². The minimum absolute atomic E-state index is 0.0518. The first-order valence-corrected chi connectivity index (χ1v) is 9.66. The van der Waals surface area contributed by atoms with E-state index in [4.69, 9.17) is 16.1 Å². The van der Waals surface area contributed by atoms with E-state index in [0.717, 1.165) is 55.0 Å². The molecule has 0 atom stereocenters. The SMILES string of the molecule is CN(Cc1noc2c1CCCC2)C(=O)NC1(Cc2ccc(Cl)cc2)CC1. The molecule has 0 radical (unpaired) electrons. The Morgan fingerprint density at radius 2 is 2.00 bits per heavy atom. The average molecular weight is 374 g/mol. The lowest BCUT2D eigenvalue weighted by molar-refractivity contribution is 0.199. The number of nitrogens with one attached hydrogen (secondary N) is 1.